The number of nitrogens with one attached hydrogen (secondary N) is 2. The second-order valence-corrected chi connectivity index (χ2v) is 5.10. The number of carbonyl (C=O) groups excluding carboxylic acids is 1. The molecular formula is C15H16N8O2. The molecule has 0 radical (unpaired) electrons. The first kappa shape index (κ1) is 16.3. The molecule has 0 atom stereocenters. The van der Waals surface area contributed by atoms with E-state index in [1.165, 1.54) is 0 Å². The van der Waals surface area contributed by atoms with Gasteiger partial charge in [0.25, 0.3) is 5.91 Å². The van der Waals surface area contributed by atoms with E-state index in [4.69, 9.17) is 16.6 Å². The van der Waals surface area contributed by atoms with Crippen LogP contribution in [0.3, 0.4) is 0 Å². The predicted octanol–water partition coefficient (Wildman–Crippen LogP) is -0.124. The zero-order valence-corrected chi connectivity index (χ0v) is 13.1. The van der Waals surface area contributed by atoms with Crippen LogP contribution in [0.15, 0.2) is 30.5 Å². The van der Waals surface area contributed by atoms with Crippen LogP contribution in [0, 0.1) is 0 Å². The van der Waals surface area contributed by atoms with Crippen molar-refractivity contribution in [2.45, 2.75) is 6.54 Å². The summed E-state index contributed by atoms with van der Waals surface area (Å²) in [5.74, 6) is -0.115. The van der Waals surface area contributed by atoms with Crippen LogP contribution in [-0.2, 0) is 6.54 Å². The minimum Gasteiger partial charge on any atom is -0.382 e. The average Bonchev–Trinajstić information content (AvgIpc) is 2.61. The van der Waals surface area contributed by atoms with Crippen molar-refractivity contribution in [3.63, 3.8) is 0 Å². The Morgan fingerprint density at radius 2 is 1.88 bits per heavy atom. The maximum absolute atomic E-state index is 11.6. The molecule has 0 unspecified atom stereocenters. The lowest BCUT2D eigenvalue weighted by Gasteiger charge is -2.08. The van der Waals surface area contributed by atoms with Crippen LogP contribution in [0.5, 0.6) is 0 Å². The lowest BCUT2D eigenvalue weighted by atomic mass is 10.2. The van der Waals surface area contributed by atoms with E-state index in [1.807, 2.05) is 0 Å². The third-order valence-electron chi connectivity index (χ3n) is 3.36. The molecule has 0 aliphatic carbocycles. The molecular weight excluding hydrogens is 324 g/mol. The molecule has 0 aliphatic heterocycles. The van der Waals surface area contributed by atoms with Crippen LogP contribution in [-0.4, -0.2) is 37.7 Å². The summed E-state index contributed by atoms with van der Waals surface area (Å²) in [6.45, 7) is -0.00704. The number of nitrogen functional groups attached to an aromatic ring is 2. The SMILES string of the molecule is Nc1nc(N)c2nc(CNc3ccc(C(=O)NCO)cc3)cnc2n1. The van der Waals surface area contributed by atoms with Crippen molar-refractivity contribution in [1.29, 1.82) is 0 Å². The molecule has 0 bridgehead atoms. The number of carbonyl (C=O) groups is 1. The highest BCUT2D eigenvalue weighted by Gasteiger charge is 2.08. The van der Waals surface area contributed by atoms with Crippen molar-refractivity contribution >= 4 is 34.5 Å². The lowest BCUT2D eigenvalue weighted by molar-refractivity contribution is 0.0910. The number of aliphatic hydroxyl groups is 1. The number of anilines is 3. The van der Waals surface area contributed by atoms with E-state index < -0.39 is 6.73 Å². The Balaban J connectivity index is 1.71. The number of hydrogen-bond donors (Lipinski definition) is 5. The molecule has 0 saturated carbocycles. The van der Waals surface area contributed by atoms with E-state index in [0.717, 1.165) is 5.69 Å². The average molecular weight is 340 g/mol. The first-order chi connectivity index (χ1) is 12.1. The third kappa shape index (κ3) is 3.70. The predicted molar refractivity (Wildman–Crippen MR) is 92.3 cm³/mol. The molecule has 0 fully saturated rings. The smallest absolute Gasteiger partial charge is 0.253 e. The Morgan fingerprint density at radius 1 is 1.12 bits per heavy atom. The molecule has 7 N–H and O–H groups in total. The molecule has 10 heteroatoms. The fourth-order valence-corrected chi connectivity index (χ4v) is 2.17. The van der Waals surface area contributed by atoms with Crippen LogP contribution in [0.4, 0.5) is 17.5 Å². The Bertz CT molecular complexity index is 913. The lowest BCUT2D eigenvalue weighted by Crippen LogP contribution is -2.23. The molecule has 0 saturated heterocycles. The first-order valence-corrected chi connectivity index (χ1v) is 7.34. The van der Waals surface area contributed by atoms with Gasteiger partial charge in [0.05, 0.1) is 18.4 Å². The number of hydrogen-bond acceptors (Lipinski definition) is 9. The highest BCUT2D eigenvalue weighted by atomic mass is 16.3. The van der Waals surface area contributed by atoms with Gasteiger partial charge in [-0.05, 0) is 24.3 Å². The standard InChI is InChI=1S/C15H16N8O2/c16-12-11-13(23-15(17)22-12)19-6-10(21-11)5-18-9-3-1-8(2-4-9)14(25)20-7-24/h1-4,6,18,24H,5,7H2,(H,20,25)(H4,16,17,19,22,23). The van der Waals surface area contributed by atoms with Crippen LogP contribution in [0.2, 0.25) is 0 Å². The summed E-state index contributed by atoms with van der Waals surface area (Å²) >= 11 is 0. The Kier molecular flexibility index (Phi) is 4.53. The Hall–Kier alpha value is -3.53. The number of nitrogens with zero attached hydrogens (tertiary/aromatic N) is 4. The van der Waals surface area contributed by atoms with E-state index in [2.05, 4.69) is 30.6 Å². The van der Waals surface area contributed by atoms with Gasteiger partial charge in [-0.25, -0.2) is 9.97 Å². The largest absolute Gasteiger partial charge is 0.382 e. The molecule has 25 heavy (non-hydrogen) atoms. The quantitative estimate of drug-likeness (QED) is 0.398. The van der Waals surface area contributed by atoms with Crippen molar-refractivity contribution in [3.05, 3.63) is 41.7 Å². The molecule has 2 aromatic heterocycles. The van der Waals surface area contributed by atoms with E-state index in [-0.39, 0.29) is 17.7 Å². The van der Waals surface area contributed by atoms with Crippen molar-refractivity contribution in [3.8, 4) is 0 Å². The highest BCUT2D eigenvalue weighted by molar-refractivity contribution is 5.94. The van der Waals surface area contributed by atoms with Crippen LogP contribution < -0.4 is 22.1 Å². The monoisotopic (exact) mass is 340 g/mol. The number of fused-ring (bicyclic) bond motifs is 1. The maximum atomic E-state index is 11.6. The summed E-state index contributed by atoms with van der Waals surface area (Å²) in [6.07, 6.45) is 1.57. The van der Waals surface area contributed by atoms with Gasteiger partial charge >= 0.3 is 0 Å². The topological polar surface area (TPSA) is 165 Å². The summed E-state index contributed by atoms with van der Waals surface area (Å²) in [5, 5.41) is 14.2. The molecule has 128 valence electrons. The van der Waals surface area contributed by atoms with Gasteiger partial charge in [0.2, 0.25) is 5.95 Å². The second-order valence-electron chi connectivity index (χ2n) is 5.10. The highest BCUT2D eigenvalue weighted by Crippen LogP contribution is 2.15. The number of rotatable bonds is 5. The number of nitrogens with two attached hydrogens (primary N) is 2. The van der Waals surface area contributed by atoms with Crippen molar-refractivity contribution in [2.24, 2.45) is 0 Å². The summed E-state index contributed by atoms with van der Waals surface area (Å²) in [4.78, 5) is 28.0. The third-order valence-corrected chi connectivity index (χ3v) is 3.36. The maximum Gasteiger partial charge on any atom is 0.253 e. The van der Waals surface area contributed by atoms with E-state index >= 15 is 0 Å². The molecule has 1 amide bonds. The van der Waals surface area contributed by atoms with E-state index in [1.54, 1.807) is 30.5 Å². The zero-order chi connectivity index (χ0) is 17.8. The van der Waals surface area contributed by atoms with Crippen molar-refractivity contribution in [1.82, 2.24) is 25.3 Å². The summed E-state index contributed by atoms with van der Waals surface area (Å²) in [7, 11) is 0. The van der Waals surface area contributed by atoms with Gasteiger partial charge in [-0.3, -0.25) is 4.79 Å². The van der Waals surface area contributed by atoms with Crippen LogP contribution in [0.1, 0.15) is 16.1 Å². The first-order valence-electron chi connectivity index (χ1n) is 7.34. The molecule has 2 heterocycles. The van der Waals surface area contributed by atoms with Gasteiger partial charge in [-0.1, -0.05) is 0 Å². The summed E-state index contributed by atoms with van der Waals surface area (Å²) in [6, 6.07) is 6.79. The van der Waals surface area contributed by atoms with Crippen LogP contribution >= 0.6 is 0 Å². The number of aromatic nitrogens is 4. The number of amides is 1. The van der Waals surface area contributed by atoms with E-state index in [9.17, 15) is 4.79 Å². The molecule has 10 nitrogen and oxygen atoms in total. The Labute approximate surface area is 142 Å². The minimum atomic E-state index is -0.405. The summed E-state index contributed by atoms with van der Waals surface area (Å²) in [5.41, 5.74) is 13.9. The zero-order valence-electron chi connectivity index (χ0n) is 13.1. The van der Waals surface area contributed by atoms with Crippen molar-refractivity contribution in [2.75, 3.05) is 23.5 Å². The molecule has 1 aromatic carbocycles. The number of aliphatic hydroxyl groups excluding tert-OH is 1. The van der Waals surface area contributed by atoms with Crippen LogP contribution in [0.25, 0.3) is 11.2 Å². The van der Waals surface area contributed by atoms with Gasteiger partial charge in [0.15, 0.2) is 17.0 Å². The van der Waals surface area contributed by atoms with Crippen molar-refractivity contribution < 1.29 is 9.90 Å². The fraction of sp³-hybridized carbons (Fsp3) is 0.133. The molecule has 0 aliphatic rings. The van der Waals surface area contributed by atoms with Gasteiger partial charge < -0.3 is 27.2 Å². The van der Waals surface area contributed by atoms with Gasteiger partial charge in [0.1, 0.15) is 6.73 Å². The normalized spacial score (nSPS) is 10.6. The van der Waals surface area contributed by atoms with Gasteiger partial charge in [-0.2, -0.15) is 9.97 Å². The molecule has 3 aromatic rings. The Morgan fingerprint density at radius 3 is 2.60 bits per heavy atom. The minimum absolute atomic E-state index is 0.0514. The molecule has 0 spiro atoms. The van der Waals surface area contributed by atoms with E-state index in [0.29, 0.717) is 29.0 Å². The summed E-state index contributed by atoms with van der Waals surface area (Å²) < 4.78 is 0. The van der Waals surface area contributed by atoms with Gasteiger partial charge in [0, 0.05) is 11.3 Å². The second kappa shape index (κ2) is 6.93. The number of benzene rings is 1. The van der Waals surface area contributed by atoms with Gasteiger partial charge in [-0.15, -0.1) is 0 Å². The molecule has 3 rings (SSSR count). The fourth-order valence-electron chi connectivity index (χ4n) is 2.17.